The zero-order valence-corrected chi connectivity index (χ0v) is 11.9. The lowest BCUT2D eigenvalue weighted by Gasteiger charge is -2.35. The maximum Gasteiger partial charge on any atom is 0.133 e. The molecule has 104 valence electrons. The van der Waals surface area contributed by atoms with Crippen LogP contribution in [0.2, 0.25) is 0 Å². The van der Waals surface area contributed by atoms with Crippen molar-refractivity contribution in [3.63, 3.8) is 0 Å². The van der Waals surface area contributed by atoms with Crippen LogP contribution in [0.15, 0.2) is 34.9 Å². The van der Waals surface area contributed by atoms with Crippen LogP contribution in [0.25, 0.3) is 11.0 Å². The molecule has 2 N–H and O–H groups in total. The van der Waals surface area contributed by atoms with Gasteiger partial charge in [0.25, 0.3) is 0 Å². The number of benzene rings is 1. The minimum Gasteiger partial charge on any atom is -0.464 e. The molecule has 2 atom stereocenters. The second kappa shape index (κ2) is 5.76. The highest BCUT2D eigenvalue weighted by atomic mass is 16.3. The van der Waals surface area contributed by atoms with Gasteiger partial charge < -0.3 is 14.8 Å². The first kappa shape index (κ1) is 14.1. The molecule has 19 heavy (non-hydrogen) atoms. The molecule has 1 aromatic carbocycles. The third-order valence-corrected chi connectivity index (χ3v) is 3.81. The maximum atomic E-state index is 11.1. The van der Waals surface area contributed by atoms with Gasteiger partial charge in [-0.25, -0.2) is 0 Å². The number of nitrogens with one attached hydrogen (secondary N) is 1. The third-order valence-electron chi connectivity index (χ3n) is 3.81. The molecule has 0 amide bonds. The van der Waals surface area contributed by atoms with Crippen molar-refractivity contribution in [1.82, 2.24) is 5.32 Å². The summed E-state index contributed by atoms with van der Waals surface area (Å²) in [6.07, 6.45) is 3.36. The fourth-order valence-electron chi connectivity index (χ4n) is 2.70. The first-order chi connectivity index (χ1) is 9.11. The van der Waals surface area contributed by atoms with E-state index >= 15 is 0 Å². The fraction of sp³-hybridized carbons (Fsp3) is 0.500. The molecule has 1 heterocycles. The molecule has 1 aromatic heterocycles. The summed E-state index contributed by atoms with van der Waals surface area (Å²) in [5, 5.41) is 15.5. The molecule has 3 nitrogen and oxygen atoms in total. The third kappa shape index (κ3) is 2.67. The standard InChI is InChI=1S/C16H23NO2/c1-4-9-16(18,12(3)17-5-2)14-6-7-15-13(11-14)8-10-19-15/h6-8,10-12,17-18H,4-5,9H2,1-3H3. The van der Waals surface area contributed by atoms with Crippen LogP contribution in [-0.4, -0.2) is 17.7 Å². The summed E-state index contributed by atoms with van der Waals surface area (Å²) in [6.45, 7) is 7.04. The predicted octanol–water partition coefficient (Wildman–Crippen LogP) is 3.42. The van der Waals surface area contributed by atoms with E-state index in [1.54, 1.807) is 6.26 Å². The number of rotatable bonds is 6. The Balaban J connectivity index is 2.41. The second-order valence-corrected chi connectivity index (χ2v) is 5.13. The van der Waals surface area contributed by atoms with Crippen LogP contribution in [0.5, 0.6) is 0 Å². The van der Waals surface area contributed by atoms with E-state index in [1.165, 1.54) is 0 Å². The van der Waals surface area contributed by atoms with Gasteiger partial charge in [-0.1, -0.05) is 26.3 Å². The molecule has 0 fully saturated rings. The highest BCUT2D eigenvalue weighted by Crippen LogP contribution is 2.32. The Morgan fingerprint density at radius 3 is 2.79 bits per heavy atom. The average Bonchev–Trinajstić information content (AvgIpc) is 2.86. The summed E-state index contributed by atoms with van der Waals surface area (Å²) in [6, 6.07) is 7.88. The van der Waals surface area contributed by atoms with Crippen LogP contribution in [-0.2, 0) is 5.60 Å². The van der Waals surface area contributed by atoms with Gasteiger partial charge in [0.15, 0.2) is 0 Å². The summed E-state index contributed by atoms with van der Waals surface area (Å²) >= 11 is 0. The second-order valence-electron chi connectivity index (χ2n) is 5.13. The molecule has 2 unspecified atom stereocenters. The Bertz CT molecular complexity index is 534. The molecule has 3 heteroatoms. The zero-order valence-electron chi connectivity index (χ0n) is 11.9. The van der Waals surface area contributed by atoms with Gasteiger partial charge in [-0.05, 0) is 43.7 Å². The molecule has 0 radical (unpaired) electrons. The van der Waals surface area contributed by atoms with Gasteiger partial charge in [0.05, 0.1) is 6.26 Å². The summed E-state index contributed by atoms with van der Waals surface area (Å²) in [5.41, 5.74) is 0.978. The summed E-state index contributed by atoms with van der Waals surface area (Å²) in [7, 11) is 0. The van der Waals surface area contributed by atoms with Gasteiger partial charge >= 0.3 is 0 Å². The smallest absolute Gasteiger partial charge is 0.133 e. The van der Waals surface area contributed by atoms with Crippen LogP contribution in [0.1, 0.15) is 39.2 Å². The molecule has 0 saturated heterocycles. The Kier molecular flexibility index (Phi) is 4.27. The van der Waals surface area contributed by atoms with E-state index in [2.05, 4.69) is 19.2 Å². The topological polar surface area (TPSA) is 45.4 Å². The van der Waals surface area contributed by atoms with E-state index in [9.17, 15) is 5.11 Å². The average molecular weight is 261 g/mol. The van der Waals surface area contributed by atoms with Crippen molar-refractivity contribution >= 4 is 11.0 Å². The first-order valence-corrected chi connectivity index (χ1v) is 7.05. The monoisotopic (exact) mass is 261 g/mol. The summed E-state index contributed by atoms with van der Waals surface area (Å²) in [5.74, 6) is 0. The Morgan fingerprint density at radius 1 is 1.32 bits per heavy atom. The van der Waals surface area contributed by atoms with Crippen molar-refractivity contribution in [3.05, 3.63) is 36.1 Å². The summed E-state index contributed by atoms with van der Waals surface area (Å²) < 4.78 is 5.36. The lowest BCUT2D eigenvalue weighted by molar-refractivity contribution is -0.00587. The molecule has 2 rings (SSSR count). The van der Waals surface area contributed by atoms with Crippen molar-refractivity contribution in [3.8, 4) is 0 Å². The number of hydrogen-bond donors (Lipinski definition) is 2. The highest BCUT2D eigenvalue weighted by molar-refractivity contribution is 5.78. The van der Waals surface area contributed by atoms with E-state index < -0.39 is 5.60 Å². The largest absolute Gasteiger partial charge is 0.464 e. The Hall–Kier alpha value is -1.32. The van der Waals surface area contributed by atoms with Crippen molar-refractivity contribution in [1.29, 1.82) is 0 Å². The Labute approximate surface area is 114 Å². The minimum atomic E-state index is -0.837. The quantitative estimate of drug-likeness (QED) is 0.837. The minimum absolute atomic E-state index is 0.0156. The van der Waals surface area contributed by atoms with Crippen molar-refractivity contribution in [2.75, 3.05) is 6.54 Å². The molecule has 0 saturated carbocycles. The maximum absolute atomic E-state index is 11.1. The molecule has 0 aliphatic rings. The van der Waals surface area contributed by atoms with Crippen LogP contribution in [0, 0.1) is 0 Å². The van der Waals surface area contributed by atoms with Crippen LogP contribution in [0.4, 0.5) is 0 Å². The number of likely N-dealkylation sites (N-methyl/N-ethyl adjacent to an activating group) is 1. The van der Waals surface area contributed by atoms with Crippen molar-refractivity contribution in [2.45, 2.75) is 45.3 Å². The number of hydrogen-bond acceptors (Lipinski definition) is 3. The number of fused-ring (bicyclic) bond motifs is 1. The fourth-order valence-corrected chi connectivity index (χ4v) is 2.70. The number of aliphatic hydroxyl groups is 1. The summed E-state index contributed by atoms with van der Waals surface area (Å²) in [4.78, 5) is 0. The molecule has 0 aliphatic carbocycles. The van der Waals surface area contributed by atoms with Gasteiger partial charge in [-0.3, -0.25) is 0 Å². The molecular weight excluding hydrogens is 238 g/mol. The SMILES string of the molecule is CCCC(O)(c1ccc2occc2c1)C(C)NCC. The van der Waals surface area contributed by atoms with E-state index in [4.69, 9.17) is 4.42 Å². The Morgan fingerprint density at radius 2 is 2.11 bits per heavy atom. The predicted molar refractivity (Wildman–Crippen MR) is 78.2 cm³/mol. The van der Waals surface area contributed by atoms with Gasteiger partial charge in [-0.2, -0.15) is 0 Å². The molecule has 2 aromatic rings. The van der Waals surface area contributed by atoms with Crippen molar-refractivity contribution in [2.24, 2.45) is 0 Å². The van der Waals surface area contributed by atoms with Crippen LogP contribution < -0.4 is 5.32 Å². The van der Waals surface area contributed by atoms with Gasteiger partial charge in [0.1, 0.15) is 11.2 Å². The van der Waals surface area contributed by atoms with E-state index in [-0.39, 0.29) is 6.04 Å². The van der Waals surface area contributed by atoms with Gasteiger partial charge in [0, 0.05) is 11.4 Å². The number of furan rings is 1. The van der Waals surface area contributed by atoms with Crippen molar-refractivity contribution < 1.29 is 9.52 Å². The van der Waals surface area contributed by atoms with Gasteiger partial charge in [-0.15, -0.1) is 0 Å². The van der Waals surface area contributed by atoms with E-state index in [0.29, 0.717) is 0 Å². The zero-order chi connectivity index (χ0) is 13.9. The molecule has 0 bridgehead atoms. The highest BCUT2D eigenvalue weighted by Gasteiger charge is 2.34. The lowest BCUT2D eigenvalue weighted by Crippen LogP contribution is -2.46. The molecule has 0 aliphatic heterocycles. The first-order valence-electron chi connectivity index (χ1n) is 7.05. The van der Waals surface area contributed by atoms with Crippen LogP contribution >= 0.6 is 0 Å². The van der Waals surface area contributed by atoms with Gasteiger partial charge in [0.2, 0.25) is 0 Å². The van der Waals surface area contributed by atoms with E-state index in [1.807, 2.05) is 31.2 Å². The van der Waals surface area contributed by atoms with E-state index in [0.717, 1.165) is 35.9 Å². The molecule has 0 spiro atoms. The molecular formula is C16H23NO2. The normalized spacial score (nSPS) is 16.4. The lowest BCUT2D eigenvalue weighted by atomic mass is 9.83. The van der Waals surface area contributed by atoms with Crippen LogP contribution in [0.3, 0.4) is 0 Å².